The zero-order valence-electron chi connectivity index (χ0n) is 14.4. The molecule has 1 heterocycles. The summed E-state index contributed by atoms with van der Waals surface area (Å²) < 4.78 is 5.19. The van der Waals surface area contributed by atoms with E-state index in [2.05, 4.69) is 0 Å². The van der Waals surface area contributed by atoms with Crippen LogP contribution >= 0.6 is 0 Å². The average Bonchev–Trinajstić information content (AvgIpc) is 2.54. The first-order valence-corrected chi connectivity index (χ1v) is 7.87. The molecule has 0 fully saturated rings. The largest absolute Gasteiger partial charge is 0.507 e. The molecule has 2 N–H and O–H groups in total. The van der Waals surface area contributed by atoms with Gasteiger partial charge in [0.15, 0.2) is 5.58 Å². The number of benzene rings is 2. The van der Waals surface area contributed by atoms with E-state index >= 15 is 0 Å². The van der Waals surface area contributed by atoms with Crippen molar-refractivity contribution in [1.29, 1.82) is 0 Å². The van der Waals surface area contributed by atoms with Gasteiger partial charge >= 0.3 is 5.63 Å². The second-order valence-corrected chi connectivity index (χ2v) is 5.60. The highest BCUT2D eigenvalue weighted by Crippen LogP contribution is 2.30. The van der Waals surface area contributed by atoms with Crippen LogP contribution in [0.4, 0.5) is 0 Å². The van der Waals surface area contributed by atoms with E-state index in [0.717, 1.165) is 5.56 Å². The molecule has 0 bridgehead atoms. The predicted octanol–water partition coefficient (Wildman–Crippen LogP) is 3.35. The summed E-state index contributed by atoms with van der Waals surface area (Å²) in [5.74, 6) is -0.576. The molecular formula is C20H20O5. The second kappa shape index (κ2) is 7.77. The van der Waals surface area contributed by atoms with Crippen molar-refractivity contribution in [3.8, 4) is 5.75 Å². The SMILES string of the molecule is CCO.Cc1cccc(C(=O)c2c(O)ccc3c(C)cc(=O)oc23)c1. The number of aliphatic hydroxyl groups is 1. The fourth-order valence-electron chi connectivity index (χ4n) is 2.52. The Balaban J connectivity index is 0.000000701. The molecular weight excluding hydrogens is 320 g/mol. The molecule has 0 saturated heterocycles. The standard InChI is InChI=1S/C18H14O4.C2H6O/c1-10-4-3-5-12(8-10)17(21)16-14(19)7-6-13-11(2)9-15(20)22-18(13)16;1-2-3/h3-9,19H,1-2H3;3H,2H2,1H3. The lowest BCUT2D eigenvalue weighted by atomic mass is 9.98. The normalized spacial score (nSPS) is 10.2. The smallest absolute Gasteiger partial charge is 0.336 e. The van der Waals surface area contributed by atoms with Crippen molar-refractivity contribution in [3.63, 3.8) is 0 Å². The van der Waals surface area contributed by atoms with Crippen LogP contribution < -0.4 is 5.63 Å². The number of hydrogen-bond donors (Lipinski definition) is 2. The quantitative estimate of drug-likeness (QED) is 0.552. The topological polar surface area (TPSA) is 87.7 Å². The van der Waals surface area contributed by atoms with Gasteiger partial charge in [0, 0.05) is 23.6 Å². The summed E-state index contributed by atoms with van der Waals surface area (Å²) in [5, 5.41) is 18.3. The monoisotopic (exact) mass is 340 g/mol. The molecule has 130 valence electrons. The average molecular weight is 340 g/mol. The molecule has 0 unspecified atom stereocenters. The summed E-state index contributed by atoms with van der Waals surface area (Å²) in [5.41, 5.74) is 1.66. The van der Waals surface area contributed by atoms with E-state index in [4.69, 9.17) is 9.52 Å². The van der Waals surface area contributed by atoms with Gasteiger partial charge in [0.2, 0.25) is 5.78 Å². The highest BCUT2D eigenvalue weighted by atomic mass is 16.4. The maximum atomic E-state index is 12.7. The predicted molar refractivity (Wildman–Crippen MR) is 96.3 cm³/mol. The van der Waals surface area contributed by atoms with E-state index in [1.807, 2.05) is 13.0 Å². The number of carbonyl (C=O) groups excluding carboxylic acids is 1. The summed E-state index contributed by atoms with van der Waals surface area (Å²) in [6, 6.07) is 11.5. The van der Waals surface area contributed by atoms with Gasteiger partial charge in [-0.15, -0.1) is 0 Å². The van der Waals surface area contributed by atoms with Gasteiger partial charge in [-0.1, -0.05) is 23.8 Å². The molecule has 3 rings (SSSR count). The van der Waals surface area contributed by atoms with Crippen LogP contribution in [0, 0.1) is 13.8 Å². The van der Waals surface area contributed by atoms with Crippen LogP contribution in [0.5, 0.6) is 5.75 Å². The summed E-state index contributed by atoms with van der Waals surface area (Å²) in [6.45, 7) is 5.57. The molecule has 0 saturated carbocycles. The fraction of sp³-hybridized carbons (Fsp3) is 0.200. The third-order valence-electron chi connectivity index (χ3n) is 3.60. The van der Waals surface area contributed by atoms with Crippen molar-refractivity contribution in [3.05, 3.63) is 75.1 Å². The molecule has 0 spiro atoms. The van der Waals surface area contributed by atoms with Crippen LogP contribution in [0.25, 0.3) is 11.0 Å². The van der Waals surface area contributed by atoms with Crippen molar-refractivity contribution in [2.45, 2.75) is 20.8 Å². The van der Waals surface area contributed by atoms with Gasteiger partial charge < -0.3 is 14.6 Å². The van der Waals surface area contributed by atoms with Crippen LogP contribution in [0.3, 0.4) is 0 Å². The highest BCUT2D eigenvalue weighted by molar-refractivity contribution is 6.17. The Bertz CT molecular complexity index is 969. The summed E-state index contributed by atoms with van der Waals surface area (Å²) in [6.07, 6.45) is 0. The van der Waals surface area contributed by atoms with Crippen molar-refractivity contribution in [2.24, 2.45) is 0 Å². The maximum absolute atomic E-state index is 12.7. The molecule has 0 aliphatic heterocycles. The molecule has 0 aliphatic carbocycles. The van der Waals surface area contributed by atoms with Gasteiger partial charge in [-0.25, -0.2) is 4.79 Å². The van der Waals surface area contributed by atoms with Gasteiger partial charge in [0.1, 0.15) is 11.3 Å². The Kier molecular flexibility index (Phi) is 5.72. The van der Waals surface area contributed by atoms with Crippen molar-refractivity contribution >= 4 is 16.8 Å². The first-order valence-electron chi connectivity index (χ1n) is 7.87. The van der Waals surface area contributed by atoms with Crippen molar-refractivity contribution in [2.75, 3.05) is 6.61 Å². The lowest BCUT2D eigenvalue weighted by molar-refractivity contribution is 0.103. The number of aliphatic hydroxyl groups excluding tert-OH is 1. The molecule has 0 aliphatic rings. The summed E-state index contributed by atoms with van der Waals surface area (Å²) >= 11 is 0. The Morgan fingerprint density at radius 3 is 2.44 bits per heavy atom. The van der Waals surface area contributed by atoms with Crippen LogP contribution in [-0.4, -0.2) is 22.6 Å². The number of fused-ring (bicyclic) bond motifs is 1. The number of rotatable bonds is 2. The first kappa shape index (κ1) is 18.4. The highest BCUT2D eigenvalue weighted by Gasteiger charge is 2.20. The molecule has 25 heavy (non-hydrogen) atoms. The number of ketones is 1. The lowest BCUT2D eigenvalue weighted by Crippen LogP contribution is -2.06. The Morgan fingerprint density at radius 2 is 1.80 bits per heavy atom. The molecule has 5 nitrogen and oxygen atoms in total. The van der Waals surface area contributed by atoms with E-state index < -0.39 is 5.63 Å². The van der Waals surface area contributed by atoms with Crippen molar-refractivity contribution < 1.29 is 19.4 Å². The number of hydrogen-bond acceptors (Lipinski definition) is 5. The van der Waals surface area contributed by atoms with Gasteiger partial charge in [-0.05, 0) is 44.5 Å². The Labute approximate surface area is 145 Å². The number of carbonyl (C=O) groups is 1. The number of aryl methyl sites for hydroxylation is 2. The van der Waals surface area contributed by atoms with E-state index in [1.165, 1.54) is 12.1 Å². The third kappa shape index (κ3) is 3.95. The summed E-state index contributed by atoms with van der Waals surface area (Å²) in [4.78, 5) is 24.4. The number of phenolic OH excluding ortho intramolecular Hbond substituents is 1. The zero-order chi connectivity index (χ0) is 18.6. The molecule has 3 aromatic rings. The zero-order valence-corrected chi connectivity index (χ0v) is 14.4. The molecule has 2 aromatic carbocycles. The molecule has 0 radical (unpaired) electrons. The molecule has 5 heteroatoms. The van der Waals surface area contributed by atoms with Crippen LogP contribution in [-0.2, 0) is 0 Å². The third-order valence-corrected chi connectivity index (χ3v) is 3.60. The minimum absolute atomic E-state index is 0.0175. The van der Waals surface area contributed by atoms with Crippen LogP contribution in [0.15, 0.2) is 51.7 Å². The van der Waals surface area contributed by atoms with Crippen LogP contribution in [0.2, 0.25) is 0 Å². The Morgan fingerprint density at radius 1 is 1.12 bits per heavy atom. The fourth-order valence-corrected chi connectivity index (χ4v) is 2.52. The second-order valence-electron chi connectivity index (χ2n) is 5.60. The van der Waals surface area contributed by atoms with E-state index in [0.29, 0.717) is 16.5 Å². The minimum atomic E-state index is -0.547. The van der Waals surface area contributed by atoms with Gasteiger partial charge in [0.25, 0.3) is 0 Å². The van der Waals surface area contributed by atoms with Crippen molar-refractivity contribution in [1.82, 2.24) is 0 Å². The van der Waals surface area contributed by atoms with E-state index in [-0.39, 0.29) is 29.3 Å². The minimum Gasteiger partial charge on any atom is -0.507 e. The van der Waals surface area contributed by atoms with Gasteiger partial charge in [0.05, 0.1) is 0 Å². The van der Waals surface area contributed by atoms with Crippen LogP contribution in [0.1, 0.15) is 34.0 Å². The molecule has 1 aromatic heterocycles. The number of phenols is 1. The number of aromatic hydroxyl groups is 1. The maximum Gasteiger partial charge on any atom is 0.336 e. The lowest BCUT2D eigenvalue weighted by Gasteiger charge is -2.09. The summed E-state index contributed by atoms with van der Waals surface area (Å²) in [7, 11) is 0. The Hall–Kier alpha value is -2.92. The molecule has 0 atom stereocenters. The molecule has 0 amide bonds. The van der Waals surface area contributed by atoms with Gasteiger partial charge in [-0.3, -0.25) is 4.79 Å². The van der Waals surface area contributed by atoms with E-state index in [9.17, 15) is 14.7 Å². The van der Waals surface area contributed by atoms with E-state index in [1.54, 1.807) is 38.1 Å². The van der Waals surface area contributed by atoms with Gasteiger partial charge in [-0.2, -0.15) is 0 Å². The first-order chi connectivity index (χ1) is 11.9.